The second-order valence-electron chi connectivity index (χ2n) is 9.36. The molecule has 178 valence electrons. The van der Waals surface area contributed by atoms with Gasteiger partial charge in [-0.3, -0.25) is 4.98 Å². The molecular weight excluding hydrogens is 516 g/mol. The van der Waals surface area contributed by atoms with E-state index in [0.29, 0.717) is 11.0 Å². The number of hydrogen-bond acceptors (Lipinski definition) is 2. The molecule has 6 heteroatoms. The summed E-state index contributed by atoms with van der Waals surface area (Å²) in [5, 5.41) is 4.30. The highest BCUT2D eigenvalue weighted by Gasteiger charge is 2.42. The average Bonchev–Trinajstić information content (AvgIpc) is 3.35. The van der Waals surface area contributed by atoms with Gasteiger partial charge in [-0.25, -0.2) is 0 Å². The van der Waals surface area contributed by atoms with Crippen molar-refractivity contribution in [2.75, 3.05) is 4.90 Å². The fraction of sp³-hybridized carbons (Fsp3) is 0.241. The molecule has 0 bridgehead atoms. The van der Waals surface area contributed by atoms with Crippen molar-refractivity contribution in [3.63, 3.8) is 0 Å². The summed E-state index contributed by atoms with van der Waals surface area (Å²) in [7, 11) is 0. The highest BCUT2D eigenvalue weighted by Crippen LogP contribution is 2.44. The first-order chi connectivity index (χ1) is 16.9. The van der Waals surface area contributed by atoms with E-state index < -0.39 is 0 Å². The maximum absolute atomic E-state index is 5.93. The summed E-state index contributed by atoms with van der Waals surface area (Å²) in [6, 6.07) is 25.4. The van der Waals surface area contributed by atoms with Crippen LogP contribution >= 0.6 is 28.1 Å². The molecule has 1 saturated heterocycles. The Morgan fingerprint density at radius 1 is 0.971 bits per heavy atom. The third-order valence-electron chi connectivity index (χ3n) is 6.82. The zero-order chi connectivity index (χ0) is 24.7. The van der Waals surface area contributed by atoms with Crippen molar-refractivity contribution in [3.8, 4) is 5.69 Å². The summed E-state index contributed by atoms with van der Waals surface area (Å²) < 4.78 is 3.38. The average molecular weight is 546 g/mol. The third kappa shape index (κ3) is 4.30. The van der Waals surface area contributed by atoms with Crippen LogP contribution in [0.15, 0.2) is 83.5 Å². The van der Waals surface area contributed by atoms with E-state index in [4.69, 9.17) is 17.2 Å². The SMILES string of the molecule is Cc1cc([C@H]2[C@@H](c3ccccn3)NC(=S)N2c2ccc(C(C)C)cc2)c(C)n1-c1ccccc1Br. The third-order valence-corrected chi connectivity index (χ3v) is 7.80. The molecule has 0 unspecified atom stereocenters. The summed E-state index contributed by atoms with van der Waals surface area (Å²) in [6.07, 6.45) is 1.85. The molecule has 1 N–H and O–H groups in total. The molecule has 2 aromatic heterocycles. The maximum Gasteiger partial charge on any atom is 0.174 e. The molecule has 3 heterocycles. The van der Waals surface area contributed by atoms with Crippen LogP contribution in [0.25, 0.3) is 5.69 Å². The lowest BCUT2D eigenvalue weighted by molar-refractivity contribution is 0.565. The molecule has 1 fully saturated rings. The minimum absolute atomic E-state index is 0.0373. The largest absolute Gasteiger partial charge is 0.351 e. The molecular formula is C29H29BrN4S. The van der Waals surface area contributed by atoms with Gasteiger partial charge in [-0.15, -0.1) is 0 Å². The predicted molar refractivity (Wildman–Crippen MR) is 151 cm³/mol. The zero-order valence-electron chi connectivity index (χ0n) is 20.4. The molecule has 0 saturated carbocycles. The Kier molecular flexibility index (Phi) is 6.51. The second-order valence-corrected chi connectivity index (χ2v) is 10.6. The lowest BCUT2D eigenvalue weighted by atomic mass is 9.96. The lowest BCUT2D eigenvalue weighted by Crippen LogP contribution is -2.29. The first kappa shape index (κ1) is 23.8. The van der Waals surface area contributed by atoms with E-state index in [-0.39, 0.29) is 12.1 Å². The molecule has 1 aliphatic heterocycles. The van der Waals surface area contributed by atoms with Gasteiger partial charge in [-0.2, -0.15) is 0 Å². The number of aryl methyl sites for hydroxylation is 1. The Morgan fingerprint density at radius 2 is 1.69 bits per heavy atom. The van der Waals surface area contributed by atoms with E-state index in [2.05, 4.69) is 113 Å². The van der Waals surface area contributed by atoms with E-state index in [9.17, 15) is 0 Å². The standard InChI is InChI=1S/C29H29BrN4S/c1-18(2)21-12-14-22(15-13-21)34-28(27(32-29(34)35)25-10-7-8-16-31-25)23-17-19(3)33(20(23)4)26-11-6-5-9-24(26)30/h5-18,27-28H,1-4H3,(H,32,35)/t27-,28+/m1/s1. The van der Waals surface area contributed by atoms with Crippen molar-refractivity contribution >= 4 is 38.9 Å². The minimum Gasteiger partial charge on any atom is -0.351 e. The van der Waals surface area contributed by atoms with Crippen molar-refractivity contribution < 1.29 is 0 Å². The smallest absolute Gasteiger partial charge is 0.174 e. The number of benzene rings is 2. The molecule has 4 nitrogen and oxygen atoms in total. The first-order valence-electron chi connectivity index (χ1n) is 11.9. The summed E-state index contributed by atoms with van der Waals surface area (Å²) in [4.78, 5) is 6.96. The number of hydrogen-bond donors (Lipinski definition) is 1. The predicted octanol–water partition coefficient (Wildman–Crippen LogP) is 7.55. The van der Waals surface area contributed by atoms with E-state index in [1.807, 2.05) is 24.4 Å². The van der Waals surface area contributed by atoms with Crippen LogP contribution in [0.4, 0.5) is 5.69 Å². The van der Waals surface area contributed by atoms with Gasteiger partial charge in [-0.05, 0) is 102 Å². The Morgan fingerprint density at radius 3 is 2.34 bits per heavy atom. The van der Waals surface area contributed by atoms with Gasteiger partial charge >= 0.3 is 0 Å². The highest BCUT2D eigenvalue weighted by molar-refractivity contribution is 9.10. The molecule has 0 amide bonds. The molecule has 35 heavy (non-hydrogen) atoms. The summed E-state index contributed by atoms with van der Waals surface area (Å²) in [6.45, 7) is 8.79. The molecule has 1 aliphatic rings. The van der Waals surface area contributed by atoms with Crippen LogP contribution in [0.5, 0.6) is 0 Å². The monoisotopic (exact) mass is 544 g/mol. The van der Waals surface area contributed by atoms with E-state index in [1.165, 1.54) is 22.5 Å². The van der Waals surface area contributed by atoms with E-state index in [1.54, 1.807) is 0 Å². The number of thiocarbonyl (C=S) groups is 1. The Balaban J connectivity index is 1.67. The first-order valence-corrected chi connectivity index (χ1v) is 13.1. The van der Waals surface area contributed by atoms with Crippen LogP contribution in [-0.4, -0.2) is 14.7 Å². The minimum atomic E-state index is -0.0679. The Labute approximate surface area is 221 Å². The number of aromatic nitrogens is 2. The molecule has 4 aromatic rings. The van der Waals surface area contributed by atoms with Crippen LogP contribution in [0.1, 0.15) is 60.1 Å². The fourth-order valence-corrected chi connectivity index (χ4v) is 5.87. The quantitative estimate of drug-likeness (QED) is 0.263. The number of nitrogens with zero attached hydrogens (tertiary/aromatic N) is 3. The van der Waals surface area contributed by atoms with Crippen molar-refractivity contribution in [2.45, 2.75) is 45.7 Å². The van der Waals surface area contributed by atoms with Crippen LogP contribution in [0.2, 0.25) is 0 Å². The van der Waals surface area contributed by atoms with Gasteiger partial charge in [0.05, 0.1) is 23.5 Å². The van der Waals surface area contributed by atoms with Gasteiger partial charge in [0, 0.05) is 27.7 Å². The highest BCUT2D eigenvalue weighted by atomic mass is 79.9. The second kappa shape index (κ2) is 9.59. The fourth-order valence-electron chi connectivity index (χ4n) is 5.06. The number of anilines is 1. The van der Waals surface area contributed by atoms with Crippen molar-refractivity contribution in [2.24, 2.45) is 0 Å². The van der Waals surface area contributed by atoms with Crippen LogP contribution in [0, 0.1) is 13.8 Å². The van der Waals surface area contributed by atoms with Crippen LogP contribution in [-0.2, 0) is 0 Å². The summed E-state index contributed by atoms with van der Waals surface area (Å²) in [5.74, 6) is 0.480. The normalized spacial score (nSPS) is 17.8. The van der Waals surface area contributed by atoms with Gasteiger partial charge in [0.1, 0.15) is 0 Å². The van der Waals surface area contributed by atoms with Gasteiger partial charge < -0.3 is 14.8 Å². The number of halogens is 1. The van der Waals surface area contributed by atoms with E-state index in [0.717, 1.165) is 21.5 Å². The van der Waals surface area contributed by atoms with Gasteiger partial charge in [0.15, 0.2) is 5.11 Å². The van der Waals surface area contributed by atoms with Gasteiger partial charge in [0.2, 0.25) is 0 Å². The number of nitrogens with one attached hydrogen (secondary N) is 1. The van der Waals surface area contributed by atoms with E-state index >= 15 is 0 Å². The zero-order valence-corrected chi connectivity index (χ0v) is 22.8. The molecule has 0 spiro atoms. The summed E-state index contributed by atoms with van der Waals surface area (Å²) in [5.41, 5.74) is 8.11. The molecule has 5 rings (SSSR count). The van der Waals surface area contributed by atoms with Crippen molar-refractivity contribution in [1.29, 1.82) is 0 Å². The molecule has 0 aliphatic carbocycles. The number of para-hydroxylation sites is 1. The number of rotatable bonds is 5. The number of pyridine rings is 1. The Hall–Kier alpha value is -2.96. The van der Waals surface area contributed by atoms with Crippen LogP contribution in [0.3, 0.4) is 0 Å². The van der Waals surface area contributed by atoms with Crippen molar-refractivity contribution in [1.82, 2.24) is 14.9 Å². The molecule has 2 atom stereocenters. The van der Waals surface area contributed by atoms with Gasteiger partial charge in [-0.1, -0.05) is 44.2 Å². The summed E-state index contributed by atoms with van der Waals surface area (Å²) >= 11 is 9.68. The van der Waals surface area contributed by atoms with Crippen LogP contribution < -0.4 is 10.2 Å². The lowest BCUT2D eigenvalue weighted by Gasteiger charge is -2.28. The Bertz CT molecular complexity index is 1360. The van der Waals surface area contributed by atoms with Crippen molar-refractivity contribution in [3.05, 3.63) is 112 Å². The molecule has 0 radical (unpaired) electrons. The molecule has 2 aromatic carbocycles. The topological polar surface area (TPSA) is 33.1 Å². The van der Waals surface area contributed by atoms with Gasteiger partial charge in [0.25, 0.3) is 0 Å². The maximum atomic E-state index is 5.93.